The van der Waals surface area contributed by atoms with E-state index < -0.39 is 54.0 Å². The molecule has 35 heavy (non-hydrogen) atoms. The number of carboxylic acids is 1. The van der Waals surface area contributed by atoms with Gasteiger partial charge in [0.25, 0.3) is 0 Å². The van der Waals surface area contributed by atoms with Crippen molar-refractivity contribution in [1.29, 1.82) is 0 Å². The van der Waals surface area contributed by atoms with Gasteiger partial charge < -0.3 is 36.6 Å². The highest BCUT2D eigenvalue weighted by molar-refractivity contribution is 5.94. The molecule has 11 heteroatoms. The van der Waals surface area contributed by atoms with Gasteiger partial charge in [-0.05, 0) is 43.4 Å². The molecule has 0 radical (unpaired) electrons. The van der Waals surface area contributed by atoms with Gasteiger partial charge in [-0.2, -0.15) is 0 Å². The van der Waals surface area contributed by atoms with Crippen molar-refractivity contribution in [2.45, 2.75) is 76.7 Å². The molecule has 194 valence electrons. The van der Waals surface area contributed by atoms with Crippen molar-refractivity contribution in [3.05, 3.63) is 29.8 Å². The summed E-state index contributed by atoms with van der Waals surface area (Å²) in [7, 11) is 0. The molecule has 7 N–H and O–H groups in total. The summed E-state index contributed by atoms with van der Waals surface area (Å²) in [5.74, 6) is -3.20. The number of aromatic hydroxyl groups is 1. The molecule has 0 aliphatic carbocycles. The van der Waals surface area contributed by atoms with E-state index in [2.05, 4.69) is 10.6 Å². The highest BCUT2D eigenvalue weighted by atomic mass is 16.4. The van der Waals surface area contributed by atoms with E-state index in [1.54, 1.807) is 19.1 Å². The summed E-state index contributed by atoms with van der Waals surface area (Å²) >= 11 is 0. The number of phenolic OH excluding ortho intramolecular Hbond substituents is 1. The lowest BCUT2D eigenvalue weighted by Gasteiger charge is -2.31. The van der Waals surface area contributed by atoms with Crippen molar-refractivity contribution < 1.29 is 34.5 Å². The van der Waals surface area contributed by atoms with Crippen LogP contribution >= 0.6 is 0 Å². The number of carboxylic acid groups (broad SMARTS) is 1. The predicted octanol–water partition coefficient (Wildman–Crippen LogP) is -0.266. The van der Waals surface area contributed by atoms with Crippen LogP contribution in [0.4, 0.5) is 0 Å². The third-order valence-corrected chi connectivity index (χ3v) is 6.43. The van der Waals surface area contributed by atoms with Crippen molar-refractivity contribution in [3.8, 4) is 5.75 Å². The molecular weight excluding hydrogens is 456 g/mol. The number of carbonyl (C=O) groups is 4. The van der Waals surface area contributed by atoms with Gasteiger partial charge in [0, 0.05) is 13.0 Å². The normalized spacial score (nSPS) is 19.8. The number of nitrogens with one attached hydrogen (secondary N) is 2. The summed E-state index contributed by atoms with van der Waals surface area (Å²) in [6.45, 7) is 5.18. The number of hydrogen-bond acceptors (Lipinski definition) is 7. The van der Waals surface area contributed by atoms with Crippen LogP contribution < -0.4 is 16.4 Å². The molecule has 1 aromatic carbocycles. The van der Waals surface area contributed by atoms with E-state index in [1.165, 1.54) is 24.0 Å². The molecule has 1 aliphatic rings. The number of rotatable bonds is 11. The fourth-order valence-corrected chi connectivity index (χ4v) is 3.99. The summed E-state index contributed by atoms with van der Waals surface area (Å²) in [5, 5.41) is 33.9. The van der Waals surface area contributed by atoms with E-state index >= 15 is 0 Å². The first kappa shape index (κ1) is 28.1. The van der Waals surface area contributed by atoms with Gasteiger partial charge in [-0.1, -0.05) is 32.4 Å². The summed E-state index contributed by atoms with van der Waals surface area (Å²) in [4.78, 5) is 52.1. The van der Waals surface area contributed by atoms with Crippen LogP contribution in [0.5, 0.6) is 5.75 Å². The minimum absolute atomic E-state index is 0.0439. The highest BCUT2D eigenvalue weighted by Crippen LogP contribution is 2.21. The van der Waals surface area contributed by atoms with Crippen LogP contribution in [0.3, 0.4) is 0 Å². The number of phenols is 1. The van der Waals surface area contributed by atoms with E-state index in [1.807, 2.05) is 6.92 Å². The van der Waals surface area contributed by atoms with E-state index in [4.69, 9.17) is 5.73 Å². The number of aliphatic hydroxyl groups is 1. The smallest absolute Gasteiger partial charge is 0.326 e. The molecule has 6 atom stereocenters. The van der Waals surface area contributed by atoms with Crippen molar-refractivity contribution in [2.24, 2.45) is 11.7 Å². The topological polar surface area (TPSA) is 182 Å². The molecule has 6 unspecified atom stereocenters. The predicted molar refractivity (Wildman–Crippen MR) is 127 cm³/mol. The van der Waals surface area contributed by atoms with Crippen LogP contribution in [-0.2, 0) is 25.6 Å². The van der Waals surface area contributed by atoms with Crippen molar-refractivity contribution in [1.82, 2.24) is 15.5 Å². The zero-order valence-corrected chi connectivity index (χ0v) is 20.3. The minimum Gasteiger partial charge on any atom is -0.508 e. The standard InChI is InChI=1S/C24H36N4O7/c1-4-13(2)20(24(34)35)27-21(31)18-6-5-11-28(18)23(33)17(26-22(32)19(25)14(3)29)12-15-7-9-16(30)10-8-15/h7-10,13-14,17-20,29-30H,4-6,11-12,25H2,1-3H3,(H,26,32)(H,27,31)(H,34,35). The lowest BCUT2D eigenvalue weighted by Crippen LogP contribution is -2.58. The van der Waals surface area contributed by atoms with Crippen LogP contribution in [0.15, 0.2) is 24.3 Å². The van der Waals surface area contributed by atoms with E-state index in [9.17, 15) is 34.5 Å². The number of benzene rings is 1. The van der Waals surface area contributed by atoms with Gasteiger partial charge in [0.05, 0.1) is 6.10 Å². The van der Waals surface area contributed by atoms with Crippen LogP contribution in [0, 0.1) is 5.92 Å². The molecule has 1 saturated heterocycles. The van der Waals surface area contributed by atoms with E-state index in [0.717, 1.165) is 0 Å². The zero-order valence-electron chi connectivity index (χ0n) is 20.3. The first-order valence-corrected chi connectivity index (χ1v) is 11.8. The third-order valence-electron chi connectivity index (χ3n) is 6.43. The van der Waals surface area contributed by atoms with Gasteiger partial charge in [-0.25, -0.2) is 4.79 Å². The number of hydrogen-bond donors (Lipinski definition) is 6. The SMILES string of the molecule is CCC(C)C(NC(=O)C1CCCN1C(=O)C(Cc1ccc(O)cc1)NC(=O)C(N)C(C)O)C(=O)O. The molecule has 2 rings (SSSR count). The van der Waals surface area contributed by atoms with Crippen LogP contribution in [0.2, 0.25) is 0 Å². The first-order valence-electron chi connectivity index (χ1n) is 11.8. The lowest BCUT2D eigenvalue weighted by molar-refractivity contribution is -0.146. The molecule has 1 heterocycles. The quantitative estimate of drug-likeness (QED) is 0.244. The fourth-order valence-electron chi connectivity index (χ4n) is 3.99. The summed E-state index contributed by atoms with van der Waals surface area (Å²) in [5.41, 5.74) is 6.38. The maximum absolute atomic E-state index is 13.5. The second-order valence-electron chi connectivity index (χ2n) is 9.10. The summed E-state index contributed by atoms with van der Waals surface area (Å²) < 4.78 is 0. The Bertz CT molecular complexity index is 906. The molecule has 1 aromatic rings. The van der Waals surface area contributed by atoms with E-state index in [0.29, 0.717) is 24.8 Å². The zero-order chi connectivity index (χ0) is 26.3. The highest BCUT2D eigenvalue weighted by Gasteiger charge is 2.40. The summed E-state index contributed by atoms with van der Waals surface area (Å²) in [6, 6.07) is 1.81. The van der Waals surface area contributed by atoms with Gasteiger partial charge in [0.1, 0.15) is 29.9 Å². The average molecular weight is 493 g/mol. The number of amides is 3. The lowest BCUT2D eigenvalue weighted by atomic mass is 9.98. The largest absolute Gasteiger partial charge is 0.508 e. The number of nitrogens with two attached hydrogens (primary N) is 1. The molecule has 1 fully saturated rings. The second kappa shape index (κ2) is 12.5. The molecule has 0 aromatic heterocycles. The third kappa shape index (κ3) is 7.40. The number of aliphatic carboxylic acids is 1. The Labute approximate surface area is 204 Å². The fraction of sp³-hybridized carbons (Fsp3) is 0.583. The molecule has 0 bridgehead atoms. The van der Waals surface area contributed by atoms with Gasteiger partial charge in [-0.15, -0.1) is 0 Å². The van der Waals surface area contributed by atoms with Gasteiger partial charge in [-0.3, -0.25) is 14.4 Å². The second-order valence-corrected chi connectivity index (χ2v) is 9.10. The average Bonchev–Trinajstić information content (AvgIpc) is 3.31. The Kier molecular flexibility index (Phi) is 10.0. The van der Waals surface area contributed by atoms with Crippen molar-refractivity contribution in [2.75, 3.05) is 6.54 Å². The Balaban J connectivity index is 2.25. The number of likely N-dealkylation sites (tertiary alicyclic amines) is 1. The number of carbonyl (C=O) groups excluding carboxylic acids is 3. The Morgan fingerprint density at radius 1 is 1.14 bits per heavy atom. The molecule has 1 aliphatic heterocycles. The van der Waals surface area contributed by atoms with Gasteiger partial charge in [0.15, 0.2) is 0 Å². The molecule has 11 nitrogen and oxygen atoms in total. The number of nitrogens with zero attached hydrogens (tertiary/aromatic N) is 1. The monoisotopic (exact) mass is 492 g/mol. The van der Waals surface area contributed by atoms with Crippen molar-refractivity contribution in [3.63, 3.8) is 0 Å². The molecular formula is C24H36N4O7. The maximum Gasteiger partial charge on any atom is 0.326 e. The van der Waals surface area contributed by atoms with Crippen molar-refractivity contribution >= 4 is 23.7 Å². The van der Waals surface area contributed by atoms with E-state index in [-0.39, 0.29) is 24.6 Å². The maximum atomic E-state index is 13.5. The van der Waals surface area contributed by atoms with Crippen LogP contribution in [-0.4, -0.2) is 80.7 Å². The van der Waals surface area contributed by atoms with Gasteiger partial charge in [0.2, 0.25) is 17.7 Å². The Hall–Kier alpha value is -3.18. The Morgan fingerprint density at radius 2 is 1.77 bits per heavy atom. The molecule has 3 amide bonds. The van der Waals surface area contributed by atoms with Crippen LogP contribution in [0.1, 0.15) is 45.6 Å². The van der Waals surface area contributed by atoms with Gasteiger partial charge >= 0.3 is 5.97 Å². The molecule has 0 saturated carbocycles. The first-order chi connectivity index (χ1) is 16.5. The minimum atomic E-state index is -1.25. The summed E-state index contributed by atoms with van der Waals surface area (Å²) in [6.07, 6.45) is 0.371. The Morgan fingerprint density at radius 3 is 2.31 bits per heavy atom. The van der Waals surface area contributed by atoms with Crippen LogP contribution in [0.25, 0.3) is 0 Å². The number of aliphatic hydroxyl groups excluding tert-OH is 1. The molecule has 0 spiro atoms.